The predicted octanol–water partition coefficient (Wildman–Crippen LogP) is 3.24. The lowest BCUT2D eigenvalue weighted by Crippen LogP contribution is -2.40. The number of rotatable bonds is 3. The molecule has 1 aliphatic heterocycles. The van der Waals surface area contributed by atoms with Gasteiger partial charge in [0.25, 0.3) is 5.91 Å². The third kappa shape index (κ3) is 2.74. The first kappa shape index (κ1) is 14.7. The van der Waals surface area contributed by atoms with Crippen LogP contribution in [0.15, 0.2) is 36.4 Å². The van der Waals surface area contributed by atoms with Gasteiger partial charge < -0.3 is 10.0 Å². The summed E-state index contributed by atoms with van der Waals surface area (Å²) in [6.07, 6.45) is 1.20. The van der Waals surface area contributed by atoms with E-state index in [2.05, 4.69) is 0 Å². The first-order valence-electron chi connectivity index (χ1n) is 6.96. The van der Waals surface area contributed by atoms with Crippen molar-refractivity contribution < 1.29 is 19.1 Å². The Morgan fingerprint density at radius 2 is 1.91 bits per heavy atom. The van der Waals surface area contributed by atoms with Gasteiger partial charge in [0.1, 0.15) is 11.9 Å². The predicted molar refractivity (Wildman–Crippen MR) is 81.4 cm³/mol. The summed E-state index contributed by atoms with van der Waals surface area (Å²) in [5.41, 5.74) is 0.835. The molecule has 0 unspecified atom stereocenters. The third-order valence-electron chi connectivity index (χ3n) is 3.74. The van der Waals surface area contributed by atoms with E-state index in [0.717, 1.165) is 10.4 Å². The molecule has 1 aromatic heterocycles. The molecule has 0 aliphatic carbocycles. The van der Waals surface area contributed by atoms with E-state index in [0.29, 0.717) is 24.3 Å². The molecule has 1 amide bonds. The van der Waals surface area contributed by atoms with Crippen molar-refractivity contribution in [2.75, 3.05) is 6.54 Å². The van der Waals surface area contributed by atoms with Crippen LogP contribution in [0.4, 0.5) is 4.39 Å². The molecule has 2 aromatic rings. The van der Waals surface area contributed by atoms with E-state index in [1.54, 1.807) is 24.3 Å². The van der Waals surface area contributed by atoms with Gasteiger partial charge in [0.15, 0.2) is 0 Å². The summed E-state index contributed by atoms with van der Waals surface area (Å²) in [6, 6.07) is 8.83. The lowest BCUT2D eigenvalue weighted by atomic mass is 10.2. The van der Waals surface area contributed by atoms with E-state index in [1.807, 2.05) is 0 Å². The van der Waals surface area contributed by atoms with Crippen LogP contribution in [-0.2, 0) is 4.79 Å². The summed E-state index contributed by atoms with van der Waals surface area (Å²) in [4.78, 5) is 26.4. The van der Waals surface area contributed by atoms with Crippen molar-refractivity contribution in [2.24, 2.45) is 0 Å². The van der Waals surface area contributed by atoms with E-state index < -0.39 is 12.0 Å². The molecule has 0 bridgehead atoms. The molecule has 6 heteroatoms. The van der Waals surface area contributed by atoms with Crippen molar-refractivity contribution in [2.45, 2.75) is 18.9 Å². The van der Waals surface area contributed by atoms with Gasteiger partial charge in [0.05, 0.1) is 4.88 Å². The van der Waals surface area contributed by atoms with Crippen LogP contribution in [0.2, 0.25) is 0 Å². The molecular formula is C16H14FNO3S. The fraction of sp³-hybridized carbons (Fsp3) is 0.250. The third-order valence-corrected chi connectivity index (χ3v) is 4.87. The SMILES string of the molecule is O=C(O)[C@@H]1CCCN1C(=O)c1ccc(-c2ccc(F)cc2)s1. The molecule has 3 rings (SSSR count). The minimum absolute atomic E-state index is 0.247. The molecular weight excluding hydrogens is 305 g/mol. The number of carboxylic acids is 1. The number of hydrogen-bond acceptors (Lipinski definition) is 3. The second-order valence-corrected chi connectivity index (χ2v) is 6.25. The highest BCUT2D eigenvalue weighted by atomic mass is 32.1. The zero-order valence-corrected chi connectivity index (χ0v) is 12.5. The largest absolute Gasteiger partial charge is 0.480 e. The summed E-state index contributed by atoms with van der Waals surface area (Å²) in [5.74, 6) is -1.51. The zero-order chi connectivity index (χ0) is 15.7. The number of carbonyl (C=O) groups is 2. The number of carboxylic acid groups (broad SMARTS) is 1. The van der Waals surface area contributed by atoms with Crippen LogP contribution in [0.25, 0.3) is 10.4 Å². The van der Waals surface area contributed by atoms with Crippen LogP contribution in [0, 0.1) is 5.82 Å². The molecule has 1 fully saturated rings. The minimum Gasteiger partial charge on any atom is -0.480 e. The van der Waals surface area contributed by atoms with Crippen molar-refractivity contribution in [3.05, 3.63) is 47.1 Å². The number of amides is 1. The number of thiophene rings is 1. The Kier molecular flexibility index (Phi) is 3.94. The van der Waals surface area contributed by atoms with Crippen molar-refractivity contribution >= 4 is 23.2 Å². The number of aliphatic carboxylic acids is 1. The van der Waals surface area contributed by atoms with Crippen LogP contribution in [0.5, 0.6) is 0 Å². The fourth-order valence-corrected chi connectivity index (χ4v) is 3.60. The van der Waals surface area contributed by atoms with E-state index in [1.165, 1.54) is 28.4 Å². The van der Waals surface area contributed by atoms with Gasteiger partial charge in [-0.15, -0.1) is 11.3 Å². The van der Waals surface area contributed by atoms with E-state index in [-0.39, 0.29) is 11.7 Å². The standard InChI is InChI=1S/C16H14FNO3S/c17-11-5-3-10(4-6-11)13-7-8-14(22-13)15(19)18-9-1-2-12(18)16(20)21/h3-8,12H,1-2,9H2,(H,20,21)/t12-/m0/s1. The molecule has 0 spiro atoms. The van der Waals surface area contributed by atoms with Crippen LogP contribution in [0.3, 0.4) is 0 Å². The Bertz CT molecular complexity index is 710. The molecule has 0 radical (unpaired) electrons. The number of likely N-dealkylation sites (tertiary alicyclic amines) is 1. The Morgan fingerprint density at radius 1 is 1.18 bits per heavy atom. The number of hydrogen-bond donors (Lipinski definition) is 1. The average Bonchev–Trinajstić information content (AvgIpc) is 3.17. The Hall–Kier alpha value is -2.21. The molecule has 4 nitrogen and oxygen atoms in total. The highest BCUT2D eigenvalue weighted by Gasteiger charge is 2.34. The Labute approximate surface area is 130 Å². The first-order valence-corrected chi connectivity index (χ1v) is 7.77. The molecule has 1 N–H and O–H groups in total. The van der Waals surface area contributed by atoms with E-state index in [9.17, 15) is 14.0 Å². The Balaban J connectivity index is 1.82. The van der Waals surface area contributed by atoms with Crippen LogP contribution in [0.1, 0.15) is 22.5 Å². The van der Waals surface area contributed by atoms with E-state index >= 15 is 0 Å². The summed E-state index contributed by atoms with van der Waals surface area (Å²) in [5, 5.41) is 9.16. The summed E-state index contributed by atoms with van der Waals surface area (Å²) < 4.78 is 12.9. The van der Waals surface area contributed by atoms with Crippen molar-refractivity contribution in [3.63, 3.8) is 0 Å². The maximum absolute atomic E-state index is 12.9. The molecule has 0 saturated carbocycles. The summed E-state index contributed by atoms with van der Waals surface area (Å²) in [7, 11) is 0. The number of carbonyl (C=O) groups excluding carboxylic acids is 1. The maximum Gasteiger partial charge on any atom is 0.326 e. The zero-order valence-electron chi connectivity index (χ0n) is 11.7. The molecule has 1 atom stereocenters. The minimum atomic E-state index is -0.957. The van der Waals surface area contributed by atoms with Gasteiger partial charge in [0.2, 0.25) is 0 Å². The van der Waals surface area contributed by atoms with Gasteiger partial charge in [-0.2, -0.15) is 0 Å². The van der Waals surface area contributed by atoms with Gasteiger partial charge in [-0.25, -0.2) is 9.18 Å². The van der Waals surface area contributed by atoms with Crippen molar-refractivity contribution in [3.8, 4) is 10.4 Å². The molecule has 2 heterocycles. The summed E-state index contributed by atoms with van der Waals surface area (Å²) in [6.45, 7) is 0.472. The monoisotopic (exact) mass is 319 g/mol. The molecule has 114 valence electrons. The fourth-order valence-electron chi connectivity index (χ4n) is 2.63. The van der Waals surface area contributed by atoms with Gasteiger partial charge in [-0.3, -0.25) is 4.79 Å². The maximum atomic E-state index is 12.9. The van der Waals surface area contributed by atoms with Crippen LogP contribution in [-0.4, -0.2) is 34.5 Å². The second kappa shape index (κ2) is 5.88. The van der Waals surface area contributed by atoms with Gasteiger partial charge >= 0.3 is 5.97 Å². The Morgan fingerprint density at radius 3 is 2.59 bits per heavy atom. The average molecular weight is 319 g/mol. The van der Waals surface area contributed by atoms with Crippen LogP contribution >= 0.6 is 11.3 Å². The quantitative estimate of drug-likeness (QED) is 0.945. The number of nitrogens with zero attached hydrogens (tertiary/aromatic N) is 1. The highest BCUT2D eigenvalue weighted by Crippen LogP contribution is 2.30. The van der Waals surface area contributed by atoms with Crippen molar-refractivity contribution in [1.82, 2.24) is 4.90 Å². The summed E-state index contributed by atoms with van der Waals surface area (Å²) >= 11 is 1.29. The second-order valence-electron chi connectivity index (χ2n) is 5.17. The van der Waals surface area contributed by atoms with Gasteiger partial charge in [-0.05, 0) is 42.7 Å². The normalized spacial score (nSPS) is 17.7. The topological polar surface area (TPSA) is 57.6 Å². The smallest absolute Gasteiger partial charge is 0.326 e. The molecule has 22 heavy (non-hydrogen) atoms. The van der Waals surface area contributed by atoms with Crippen LogP contribution < -0.4 is 0 Å². The number of benzene rings is 1. The van der Waals surface area contributed by atoms with Crippen molar-refractivity contribution in [1.29, 1.82) is 0 Å². The van der Waals surface area contributed by atoms with E-state index in [4.69, 9.17) is 5.11 Å². The number of halogens is 1. The molecule has 1 aromatic carbocycles. The lowest BCUT2D eigenvalue weighted by Gasteiger charge is -2.20. The lowest BCUT2D eigenvalue weighted by molar-refractivity contribution is -0.141. The molecule has 1 saturated heterocycles. The van der Waals surface area contributed by atoms with Gasteiger partial charge in [-0.1, -0.05) is 12.1 Å². The molecule has 1 aliphatic rings. The van der Waals surface area contributed by atoms with Gasteiger partial charge in [0, 0.05) is 11.4 Å². The first-order chi connectivity index (χ1) is 10.6. The highest BCUT2D eigenvalue weighted by molar-refractivity contribution is 7.17.